The molecule has 0 spiro atoms. The number of hydrogen-bond donors (Lipinski definition) is 0. The highest BCUT2D eigenvalue weighted by molar-refractivity contribution is 5.22. The predicted molar refractivity (Wildman–Crippen MR) is 88.2 cm³/mol. The van der Waals surface area contributed by atoms with Crippen molar-refractivity contribution >= 4 is 0 Å². The summed E-state index contributed by atoms with van der Waals surface area (Å²) in [6.07, 6.45) is 2.23. The average Bonchev–Trinajstić information content (AvgIpc) is 3.02. The fourth-order valence-corrected chi connectivity index (χ4v) is 3.30. The Balaban J connectivity index is 1.82. The third kappa shape index (κ3) is 3.30. The Morgan fingerprint density at radius 2 is 1.77 bits per heavy atom. The monoisotopic (exact) mass is 292 g/mol. The average molecular weight is 292 g/mol. The van der Waals surface area contributed by atoms with Crippen LogP contribution in [0.1, 0.15) is 30.0 Å². The third-order valence-corrected chi connectivity index (χ3v) is 4.32. The lowest BCUT2D eigenvalue weighted by molar-refractivity contribution is 0.216. The largest absolute Gasteiger partial charge is 0.295 e. The minimum atomic E-state index is -0.114. The van der Waals surface area contributed by atoms with Crippen molar-refractivity contribution in [3.63, 3.8) is 0 Å². The number of likely N-dealkylation sites (tertiary alicyclic amines) is 1. The van der Waals surface area contributed by atoms with E-state index in [1.165, 1.54) is 5.56 Å². The third-order valence-electron chi connectivity index (χ3n) is 4.32. The van der Waals surface area contributed by atoms with Crippen molar-refractivity contribution in [2.45, 2.75) is 31.5 Å². The second-order valence-corrected chi connectivity index (χ2v) is 5.73. The molecule has 0 bridgehead atoms. The molecule has 0 N–H and O–H groups in total. The number of hydrogen-bond acceptors (Lipinski definition) is 2. The molecule has 0 saturated carbocycles. The summed E-state index contributed by atoms with van der Waals surface area (Å²) in [7, 11) is 0. The number of azide groups is 1. The molecule has 0 unspecified atom stereocenters. The molecule has 22 heavy (non-hydrogen) atoms. The number of nitrogens with zero attached hydrogens (tertiary/aromatic N) is 4. The molecule has 1 heterocycles. The Bertz CT molecular complexity index is 635. The highest BCUT2D eigenvalue weighted by Gasteiger charge is 2.31. The van der Waals surface area contributed by atoms with Crippen molar-refractivity contribution < 1.29 is 0 Å². The SMILES string of the molecule is [N-]=[N+]=N[C@@H](c1ccccc1)[C@@H]1CCCN1Cc1ccccc1. The minimum Gasteiger partial charge on any atom is -0.295 e. The fraction of sp³-hybridized carbons (Fsp3) is 0.333. The molecule has 2 atom stereocenters. The molecular formula is C18H20N4. The van der Waals surface area contributed by atoms with Crippen molar-refractivity contribution in [3.05, 3.63) is 82.2 Å². The highest BCUT2D eigenvalue weighted by atomic mass is 15.2. The van der Waals surface area contributed by atoms with Crippen molar-refractivity contribution in [3.8, 4) is 0 Å². The fourth-order valence-electron chi connectivity index (χ4n) is 3.30. The van der Waals surface area contributed by atoms with E-state index in [1.54, 1.807) is 0 Å². The standard InChI is InChI=1S/C18H20N4/c19-21-20-18(16-10-5-2-6-11-16)17-12-7-13-22(17)14-15-8-3-1-4-9-15/h1-6,8-11,17-18H,7,12-14H2/t17-,18-/m0/s1. The first-order valence-corrected chi connectivity index (χ1v) is 7.75. The van der Waals surface area contributed by atoms with Crippen LogP contribution in [0, 0.1) is 0 Å². The Morgan fingerprint density at radius 3 is 2.45 bits per heavy atom. The van der Waals surface area contributed by atoms with Crippen molar-refractivity contribution in [1.29, 1.82) is 0 Å². The maximum atomic E-state index is 8.97. The van der Waals surface area contributed by atoms with E-state index in [0.29, 0.717) is 0 Å². The molecule has 1 aliphatic heterocycles. The van der Waals surface area contributed by atoms with Gasteiger partial charge in [-0.2, -0.15) is 0 Å². The Labute approximate surface area is 131 Å². The van der Waals surface area contributed by atoms with E-state index in [2.05, 4.69) is 51.3 Å². The van der Waals surface area contributed by atoms with Crippen LogP contribution in [0.2, 0.25) is 0 Å². The molecule has 0 amide bonds. The summed E-state index contributed by atoms with van der Waals surface area (Å²) in [6.45, 7) is 1.97. The van der Waals surface area contributed by atoms with Crippen molar-refractivity contribution in [1.82, 2.24) is 4.90 Å². The van der Waals surface area contributed by atoms with E-state index < -0.39 is 0 Å². The summed E-state index contributed by atoms with van der Waals surface area (Å²) < 4.78 is 0. The van der Waals surface area contributed by atoms with Gasteiger partial charge in [-0.05, 0) is 36.0 Å². The lowest BCUT2D eigenvalue weighted by Gasteiger charge is -2.29. The van der Waals surface area contributed by atoms with Gasteiger partial charge in [-0.15, -0.1) is 0 Å². The van der Waals surface area contributed by atoms with Crippen molar-refractivity contribution in [2.75, 3.05) is 6.54 Å². The van der Waals surface area contributed by atoms with Crippen LogP contribution in [0.25, 0.3) is 10.4 Å². The van der Waals surface area contributed by atoms with Crippen LogP contribution in [-0.2, 0) is 6.54 Å². The molecule has 2 aromatic carbocycles. The van der Waals surface area contributed by atoms with Crippen LogP contribution in [0.3, 0.4) is 0 Å². The van der Waals surface area contributed by atoms with E-state index >= 15 is 0 Å². The molecule has 4 nitrogen and oxygen atoms in total. The highest BCUT2D eigenvalue weighted by Crippen LogP contribution is 2.33. The topological polar surface area (TPSA) is 52.0 Å². The predicted octanol–water partition coefficient (Wildman–Crippen LogP) is 4.70. The van der Waals surface area contributed by atoms with E-state index in [4.69, 9.17) is 5.53 Å². The van der Waals surface area contributed by atoms with E-state index in [-0.39, 0.29) is 12.1 Å². The lowest BCUT2D eigenvalue weighted by atomic mass is 9.98. The van der Waals surface area contributed by atoms with Crippen LogP contribution < -0.4 is 0 Å². The van der Waals surface area contributed by atoms with Gasteiger partial charge in [0.1, 0.15) is 0 Å². The zero-order chi connectivity index (χ0) is 15.2. The zero-order valence-corrected chi connectivity index (χ0v) is 12.5. The van der Waals surface area contributed by atoms with Crippen molar-refractivity contribution in [2.24, 2.45) is 5.11 Å². The normalized spacial score (nSPS) is 19.5. The van der Waals surface area contributed by atoms with Crippen LogP contribution in [0.4, 0.5) is 0 Å². The number of benzene rings is 2. The van der Waals surface area contributed by atoms with Gasteiger partial charge < -0.3 is 0 Å². The second kappa shape index (κ2) is 7.12. The molecule has 0 aromatic heterocycles. The first-order valence-electron chi connectivity index (χ1n) is 7.75. The molecule has 1 saturated heterocycles. The molecular weight excluding hydrogens is 272 g/mol. The van der Waals surface area contributed by atoms with Crippen LogP contribution in [0.15, 0.2) is 65.8 Å². The van der Waals surface area contributed by atoms with Gasteiger partial charge in [-0.1, -0.05) is 65.8 Å². The first kappa shape index (κ1) is 14.6. The summed E-state index contributed by atoms with van der Waals surface area (Å²) >= 11 is 0. The maximum Gasteiger partial charge on any atom is 0.0780 e. The first-order chi connectivity index (χ1) is 10.9. The van der Waals surface area contributed by atoms with Crippen LogP contribution >= 0.6 is 0 Å². The smallest absolute Gasteiger partial charge is 0.0780 e. The van der Waals surface area contributed by atoms with E-state index in [9.17, 15) is 0 Å². The summed E-state index contributed by atoms with van der Waals surface area (Å²) in [4.78, 5) is 5.54. The molecule has 0 radical (unpaired) electrons. The molecule has 2 aromatic rings. The summed E-state index contributed by atoms with van der Waals surface area (Å²) in [5.74, 6) is 0. The van der Waals surface area contributed by atoms with Gasteiger partial charge in [0.15, 0.2) is 0 Å². The molecule has 0 aliphatic carbocycles. The van der Waals surface area contributed by atoms with Gasteiger partial charge >= 0.3 is 0 Å². The van der Waals surface area contributed by atoms with Gasteiger partial charge in [0, 0.05) is 17.5 Å². The maximum absolute atomic E-state index is 8.97. The molecule has 3 rings (SSSR count). The summed E-state index contributed by atoms with van der Waals surface area (Å²) in [6, 6.07) is 20.8. The van der Waals surface area contributed by atoms with E-state index in [0.717, 1.165) is 31.5 Å². The summed E-state index contributed by atoms with van der Waals surface area (Å²) in [5, 5.41) is 4.11. The number of rotatable bonds is 5. The van der Waals surface area contributed by atoms with Crippen LogP contribution in [-0.4, -0.2) is 17.5 Å². The summed E-state index contributed by atoms with van der Waals surface area (Å²) in [5.41, 5.74) is 11.4. The zero-order valence-electron chi connectivity index (χ0n) is 12.5. The van der Waals surface area contributed by atoms with Crippen LogP contribution in [0.5, 0.6) is 0 Å². The molecule has 1 fully saturated rings. The quantitative estimate of drug-likeness (QED) is 0.447. The Hall–Kier alpha value is -2.29. The molecule has 112 valence electrons. The molecule has 1 aliphatic rings. The van der Waals surface area contributed by atoms with Gasteiger partial charge in [0.05, 0.1) is 6.04 Å². The second-order valence-electron chi connectivity index (χ2n) is 5.73. The molecule has 4 heteroatoms. The van der Waals surface area contributed by atoms with Gasteiger partial charge in [0.25, 0.3) is 0 Å². The van der Waals surface area contributed by atoms with Gasteiger partial charge in [0.2, 0.25) is 0 Å². The van der Waals surface area contributed by atoms with E-state index in [1.807, 2.05) is 24.3 Å². The minimum absolute atomic E-state index is 0.114. The lowest BCUT2D eigenvalue weighted by Crippen LogP contribution is -2.33. The Morgan fingerprint density at radius 1 is 1.09 bits per heavy atom. The van der Waals surface area contributed by atoms with Gasteiger partial charge in [-0.25, -0.2) is 0 Å². The van der Waals surface area contributed by atoms with Gasteiger partial charge in [-0.3, -0.25) is 4.90 Å². The Kier molecular flexibility index (Phi) is 4.74.